The molecule has 0 aromatic heterocycles. The molecule has 52 heavy (non-hydrogen) atoms. The molecule has 5 amide bonds. The summed E-state index contributed by atoms with van der Waals surface area (Å²) in [4.78, 5) is 82.0. The maximum absolute atomic E-state index is 14.1. The van der Waals surface area contributed by atoms with Crippen LogP contribution in [0.1, 0.15) is 79.0 Å². The van der Waals surface area contributed by atoms with Gasteiger partial charge in [0.05, 0.1) is 12.6 Å². The highest BCUT2D eigenvalue weighted by Crippen LogP contribution is 2.65. The van der Waals surface area contributed by atoms with Crippen LogP contribution in [0.4, 0.5) is 4.79 Å². The van der Waals surface area contributed by atoms with Crippen molar-refractivity contribution in [3.05, 3.63) is 84.4 Å². The van der Waals surface area contributed by atoms with Crippen molar-refractivity contribution in [2.24, 2.45) is 22.7 Å². The van der Waals surface area contributed by atoms with Gasteiger partial charge in [-0.15, -0.1) is 6.58 Å². The van der Waals surface area contributed by atoms with Crippen LogP contribution in [0.5, 0.6) is 0 Å². The number of likely N-dealkylation sites (tertiary alicyclic amines) is 1. The number of Topliss-reactive ketones (excluding diaryl/α,β-unsaturated/α-hetero) is 1. The molecule has 4 N–H and O–H groups in total. The van der Waals surface area contributed by atoms with Gasteiger partial charge in [0.1, 0.15) is 23.7 Å². The van der Waals surface area contributed by atoms with E-state index >= 15 is 0 Å². The van der Waals surface area contributed by atoms with Crippen molar-refractivity contribution in [1.82, 2.24) is 26.2 Å². The fourth-order valence-corrected chi connectivity index (χ4v) is 6.98. The van der Waals surface area contributed by atoms with Crippen LogP contribution in [0.3, 0.4) is 0 Å². The zero-order valence-electron chi connectivity index (χ0n) is 31.4. The minimum Gasteiger partial charge on any atom is -0.444 e. The standard InChI is InChI=1S/C40H53N5O7/c1-10-17-27(32(47)35(49)41-22-28(46)43-30(24-18-13-11-14-19-24)25-20-15-12-16-21-25)42-34(48)31-29-26(40(29,8)9)23-45(31)36(50)33(38(2,3)4)44-37(51)52-39(5,6)7/h10-16,18-21,26-27,29-31,33H,1,17,22-23H2,2-9H3,(H,41,49)(H,42,48)(H,43,46)(H,44,51)/t26-,27?,29-,31-,33+/m0/s1. The highest BCUT2D eigenvalue weighted by atomic mass is 16.6. The van der Waals surface area contributed by atoms with Crippen molar-refractivity contribution < 1.29 is 33.5 Å². The number of ketones is 1. The van der Waals surface area contributed by atoms with Crippen LogP contribution in [-0.4, -0.2) is 77.2 Å². The molecule has 4 rings (SSSR count). The molecular weight excluding hydrogens is 662 g/mol. The summed E-state index contributed by atoms with van der Waals surface area (Å²) in [6, 6.07) is 15.0. The molecule has 1 saturated heterocycles. The minimum atomic E-state index is -1.29. The summed E-state index contributed by atoms with van der Waals surface area (Å²) in [5.41, 5.74) is -0.0754. The number of fused-ring (bicyclic) bond motifs is 1. The number of hydrogen-bond donors (Lipinski definition) is 4. The van der Waals surface area contributed by atoms with Crippen molar-refractivity contribution in [2.75, 3.05) is 13.1 Å². The van der Waals surface area contributed by atoms with Crippen LogP contribution in [0.15, 0.2) is 73.3 Å². The van der Waals surface area contributed by atoms with Gasteiger partial charge >= 0.3 is 6.09 Å². The summed E-state index contributed by atoms with van der Waals surface area (Å²) in [6.07, 6.45) is 0.602. The molecule has 2 aromatic carbocycles. The van der Waals surface area contributed by atoms with Gasteiger partial charge < -0.3 is 30.9 Å². The summed E-state index contributed by atoms with van der Waals surface area (Å²) in [7, 11) is 0. The van der Waals surface area contributed by atoms with Crippen LogP contribution in [0.2, 0.25) is 0 Å². The van der Waals surface area contributed by atoms with Gasteiger partial charge in [0.15, 0.2) is 0 Å². The second-order valence-electron chi connectivity index (χ2n) is 16.3. The maximum atomic E-state index is 14.1. The molecule has 280 valence electrons. The fraction of sp³-hybridized carbons (Fsp3) is 0.500. The first-order chi connectivity index (χ1) is 24.3. The molecule has 12 heteroatoms. The van der Waals surface area contributed by atoms with E-state index in [4.69, 9.17) is 4.74 Å². The van der Waals surface area contributed by atoms with Gasteiger partial charge in [-0.1, -0.05) is 101 Å². The summed E-state index contributed by atoms with van der Waals surface area (Å²) in [6.45, 7) is 18.1. The van der Waals surface area contributed by atoms with E-state index in [1.807, 2.05) is 95.3 Å². The average molecular weight is 716 g/mol. The Bertz CT molecular complexity index is 1620. The molecule has 0 spiro atoms. The number of rotatable bonds is 13. The van der Waals surface area contributed by atoms with E-state index in [-0.39, 0.29) is 23.7 Å². The Labute approximate surface area is 306 Å². The van der Waals surface area contributed by atoms with Gasteiger partial charge in [0.25, 0.3) is 5.91 Å². The third kappa shape index (κ3) is 9.45. The molecule has 12 nitrogen and oxygen atoms in total. The fourth-order valence-electron chi connectivity index (χ4n) is 6.98. The Morgan fingerprint density at radius 2 is 1.44 bits per heavy atom. The second-order valence-corrected chi connectivity index (χ2v) is 16.3. The van der Waals surface area contributed by atoms with Crippen LogP contribution in [0, 0.1) is 22.7 Å². The number of ether oxygens (including phenoxy) is 1. The number of nitrogens with zero attached hydrogens (tertiary/aromatic N) is 1. The zero-order valence-corrected chi connectivity index (χ0v) is 31.4. The smallest absolute Gasteiger partial charge is 0.408 e. The number of alkyl carbamates (subject to hydrolysis) is 1. The number of benzene rings is 2. The summed E-state index contributed by atoms with van der Waals surface area (Å²) in [5, 5.41) is 10.7. The van der Waals surface area contributed by atoms with E-state index in [2.05, 4.69) is 27.8 Å². The van der Waals surface area contributed by atoms with Gasteiger partial charge in [0, 0.05) is 6.54 Å². The highest BCUT2D eigenvalue weighted by Gasteiger charge is 2.70. The molecule has 2 aromatic rings. The van der Waals surface area contributed by atoms with Gasteiger partial charge in [0.2, 0.25) is 23.5 Å². The van der Waals surface area contributed by atoms with Crippen molar-refractivity contribution in [2.45, 2.75) is 91.6 Å². The Morgan fingerprint density at radius 1 is 0.885 bits per heavy atom. The third-order valence-corrected chi connectivity index (χ3v) is 9.77. The Kier molecular flexibility index (Phi) is 12.0. The van der Waals surface area contributed by atoms with Crippen LogP contribution in [0.25, 0.3) is 0 Å². The van der Waals surface area contributed by atoms with Crippen molar-refractivity contribution in [1.29, 1.82) is 0 Å². The molecule has 1 aliphatic carbocycles. The van der Waals surface area contributed by atoms with E-state index in [1.165, 1.54) is 11.0 Å². The van der Waals surface area contributed by atoms with E-state index in [9.17, 15) is 28.8 Å². The maximum Gasteiger partial charge on any atom is 0.408 e. The topological polar surface area (TPSA) is 163 Å². The van der Waals surface area contributed by atoms with Crippen molar-refractivity contribution in [3.63, 3.8) is 0 Å². The lowest BCUT2D eigenvalue weighted by atomic mass is 9.85. The molecular formula is C40H53N5O7. The predicted molar refractivity (Wildman–Crippen MR) is 197 cm³/mol. The number of nitrogens with one attached hydrogen (secondary N) is 4. The molecule has 1 heterocycles. The lowest BCUT2D eigenvalue weighted by Crippen LogP contribution is -2.60. The molecule has 1 unspecified atom stereocenters. The summed E-state index contributed by atoms with van der Waals surface area (Å²) >= 11 is 0. The Morgan fingerprint density at radius 3 is 1.94 bits per heavy atom. The minimum absolute atomic E-state index is 0.0281. The van der Waals surface area contributed by atoms with Crippen LogP contribution < -0.4 is 21.3 Å². The van der Waals surface area contributed by atoms with E-state index in [0.717, 1.165) is 11.1 Å². The molecule has 5 atom stereocenters. The van der Waals surface area contributed by atoms with Gasteiger partial charge in [-0.2, -0.15) is 0 Å². The first kappa shape index (κ1) is 39.8. The average Bonchev–Trinajstić information content (AvgIpc) is 3.37. The molecule has 1 aliphatic heterocycles. The van der Waals surface area contributed by atoms with E-state index < -0.39 is 77.2 Å². The molecule has 0 radical (unpaired) electrons. The zero-order chi connectivity index (χ0) is 38.6. The number of amides is 5. The molecule has 2 fully saturated rings. The number of hydrogen-bond acceptors (Lipinski definition) is 7. The van der Waals surface area contributed by atoms with Gasteiger partial charge in [-0.25, -0.2) is 4.79 Å². The highest BCUT2D eigenvalue weighted by molar-refractivity contribution is 6.38. The largest absolute Gasteiger partial charge is 0.444 e. The monoisotopic (exact) mass is 715 g/mol. The normalized spacial score (nSPS) is 20.1. The molecule has 1 saturated carbocycles. The number of carbonyl (C=O) groups is 6. The quantitative estimate of drug-likeness (QED) is 0.180. The third-order valence-electron chi connectivity index (χ3n) is 9.77. The van der Waals surface area contributed by atoms with Crippen molar-refractivity contribution in [3.8, 4) is 0 Å². The summed E-state index contributed by atoms with van der Waals surface area (Å²) in [5.74, 6) is -3.71. The van der Waals surface area contributed by atoms with Crippen LogP contribution in [-0.2, 0) is 28.7 Å². The summed E-state index contributed by atoms with van der Waals surface area (Å²) < 4.78 is 5.43. The predicted octanol–water partition coefficient (Wildman–Crippen LogP) is 4.06. The van der Waals surface area contributed by atoms with E-state index in [1.54, 1.807) is 20.8 Å². The number of piperidine rings is 1. The van der Waals surface area contributed by atoms with Crippen LogP contribution >= 0.6 is 0 Å². The molecule has 0 bridgehead atoms. The lowest BCUT2D eigenvalue weighted by Gasteiger charge is -2.38. The van der Waals surface area contributed by atoms with Gasteiger partial charge in [-0.3, -0.25) is 24.0 Å². The van der Waals surface area contributed by atoms with E-state index in [0.29, 0.717) is 6.54 Å². The first-order valence-electron chi connectivity index (χ1n) is 17.7. The van der Waals surface area contributed by atoms with Gasteiger partial charge in [-0.05, 0) is 61.0 Å². The molecule has 2 aliphatic rings. The Balaban J connectivity index is 1.45. The Hall–Kier alpha value is -5.00. The first-order valence-corrected chi connectivity index (χ1v) is 17.7. The second kappa shape index (κ2) is 15.7. The van der Waals surface area contributed by atoms with Crippen molar-refractivity contribution >= 4 is 35.5 Å². The SMILES string of the molecule is C=CCC(NC(=O)[C@@H]1[C@@H]2[C@H](CN1C(=O)[C@@H](NC(=O)OC(C)(C)C)C(C)(C)C)C2(C)C)C(=O)C(=O)NCC(=O)NC(c1ccccc1)c1ccccc1. The number of carbonyl (C=O) groups excluding carboxylic acids is 6. The lowest BCUT2D eigenvalue weighted by molar-refractivity contribution is -0.145.